The highest BCUT2D eigenvalue weighted by Gasteiger charge is 2.44. The molecule has 0 unspecified atom stereocenters. The molecule has 272 valence electrons. The van der Waals surface area contributed by atoms with Crippen LogP contribution in [0, 0.1) is 7.14 Å². The van der Waals surface area contributed by atoms with E-state index < -0.39 is 0 Å². The molecular weight excluding hydrogens is 759 g/mol. The molecule has 2 heterocycles. The van der Waals surface area contributed by atoms with Gasteiger partial charge in [-0.3, -0.25) is 0 Å². The first-order valence-electron chi connectivity index (χ1n) is 19.3. The molecule has 0 saturated carbocycles. The zero-order valence-corrected chi connectivity index (χ0v) is 35.2. The fraction of sp³-hybridized carbons (Fsp3) is 0.327. The number of anilines is 1. The van der Waals surface area contributed by atoms with Crippen LogP contribution in [0.2, 0.25) is 0 Å². The quantitative estimate of drug-likeness (QED) is 0.124. The minimum atomic E-state index is -0.272. The summed E-state index contributed by atoms with van der Waals surface area (Å²) in [6.07, 6.45) is 11.3. The summed E-state index contributed by atoms with van der Waals surface area (Å²) in [5.74, 6) is 1.88. The maximum absolute atomic E-state index is 6.93. The number of benzene rings is 4. The Labute approximate surface area is 328 Å². The van der Waals surface area contributed by atoms with Crippen molar-refractivity contribution in [3.63, 3.8) is 0 Å². The molecule has 0 fully saturated rings. The number of rotatable bonds is 9. The van der Waals surface area contributed by atoms with Crippen LogP contribution in [0.3, 0.4) is 0 Å². The third-order valence-corrected chi connectivity index (χ3v) is 14.0. The van der Waals surface area contributed by atoms with Crippen LogP contribution in [0.1, 0.15) is 91.8 Å². The molecule has 0 aromatic heterocycles. The molecule has 4 aromatic carbocycles. The van der Waals surface area contributed by atoms with Crippen molar-refractivity contribution >= 4 is 17.1 Å². The molecule has 0 amide bonds. The number of nitrogens with zero attached hydrogens (tertiary/aromatic N) is 2. The molecule has 4 heteroatoms. The second kappa shape index (κ2) is 14.6. The molecule has 53 heavy (non-hydrogen) atoms. The van der Waals surface area contributed by atoms with Gasteiger partial charge in [-0.15, -0.1) is 0 Å². The number of hydrogen-bond donors (Lipinski definition) is 0. The fourth-order valence-corrected chi connectivity index (χ4v) is 10.5. The van der Waals surface area contributed by atoms with E-state index in [-0.39, 0.29) is 37.5 Å². The van der Waals surface area contributed by atoms with Gasteiger partial charge < -0.3 is 9.64 Å². The van der Waals surface area contributed by atoms with Gasteiger partial charge in [-0.2, -0.15) is 4.58 Å². The summed E-state index contributed by atoms with van der Waals surface area (Å²) < 4.78 is 12.2. The average Bonchev–Trinajstić information content (AvgIpc) is 3.70. The van der Waals surface area contributed by atoms with E-state index in [9.17, 15) is 0 Å². The topological polar surface area (TPSA) is 15.5 Å². The van der Waals surface area contributed by atoms with Crippen molar-refractivity contribution in [1.29, 1.82) is 0 Å². The number of hydrogen-bond acceptors (Lipinski definition) is 2. The third kappa shape index (κ3) is 7.12. The fourth-order valence-electron chi connectivity index (χ4n) is 8.30. The van der Waals surface area contributed by atoms with Gasteiger partial charge in [0.25, 0.3) is 0 Å². The van der Waals surface area contributed by atoms with E-state index >= 15 is 0 Å². The third-order valence-electron chi connectivity index (χ3n) is 11.3. The molecule has 0 bridgehead atoms. The van der Waals surface area contributed by atoms with E-state index in [1.54, 1.807) is 0 Å². The second-order valence-electron chi connectivity index (χ2n) is 16.5. The van der Waals surface area contributed by atoms with Crippen LogP contribution in [0.5, 0.6) is 5.75 Å². The van der Waals surface area contributed by atoms with Crippen LogP contribution in [0.25, 0.3) is 0 Å². The Balaban J connectivity index is 1.22. The van der Waals surface area contributed by atoms with Crippen molar-refractivity contribution in [2.75, 3.05) is 18.0 Å². The summed E-state index contributed by atoms with van der Waals surface area (Å²) in [7, 11) is 0. The van der Waals surface area contributed by atoms with Crippen molar-refractivity contribution in [3.05, 3.63) is 168 Å². The van der Waals surface area contributed by atoms with Gasteiger partial charge >= 0.3 is 21.2 Å². The summed E-state index contributed by atoms with van der Waals surface area (Å²) in [4.78, 5) is 2.47. The first-order chi connectivity index (χ1) is 25.3. The SMILES string of the molecule is CCN1/C(=C/C=C2\CCC(/C=C/C3=[N+](CC)c4ccccc4C3(C)C)=C2Oc2ccc([I+]c3ccc(C(C)(C)C)cc3)cc2)C(C)(C)c2ccccc21. The Morgan fingerprint density at radius 1 is 0.736 bits per heavy atom. The van der Waals surface area contributed by atoms with Gasteiger partial charge in [-0.25, -0.2) is 0 Å². The maximum Gasteiger partial charge on any atom is 0.357 e. The molecule has 7 rings (SSSR count). The molecule has 2 aliphatic heterocycles. The number of likely N-dealkylation sites (N-methyl/N-ethyl adjacent to an activating group) is 1. The summed E-state index contributed by atoms with van der Waals surface area (Å²) in [5.41, 5.74) is 12.0. The van der Waals surface area contributed by atoms with Gasteiger partial charge in [0.2, 0.25) is 5.69 Å². The van der Waals surface area contributed by atoms with Gasteiger partial charge in [-0.1, -0.05) is 89.2 Å². The Kier molecular flexibility index (Phi) is 10.2. The number of ether oxygens (including phenoxy) is 1. The van der Waals surface area contributed by atoms with Gasteiger partial charge in [0.1, 0.15) is 18.1 Å². The lowest BCUT2D eigenvalue weighted by molar-refractivity contribution is -0.597. The molecule has 1 aliphatic carbocycles. The zero-order valence-electron chi connectivity index (χ0n) is 33.1. The molecule has 0 radical (unpaired) electrons. The predicted octanol–water partition coefficient (Wildman–Crippen LogP) is 8.82. The van der Waals surface area contributed by atoms with E-state index in [4.69, 9.17) is 4.74 Å². The highest BCUT2D eigenvalue weighted by atomic mass is 127. The minimum absolute atomic E-state index is 0.0783. The van der Waals surface area contributed by atoms with E-state index in [2.05, 4.69) is 193 Å². The van der Waals surface area contributed by atoms with Crippen molar-refractivity contribution < 1.29 is 30.5 Å². The zero-order chi connectivity index (χ0) is 37.5. The van der Waals surface area contributed by atoms with Crippen molar-refractivity contribution in [2.24, 2.45) is 0 Å². The molecule has 0 saturated heterocycles. The van der Waals surface area contributed by atoms with Crippen molar-refractivity contribution in [3.8, 4) is 5.75 Å². The molecule has 0 spiro atoms. The highest BCUT2D eigenvalue weighted by Crippen LogP contribution is 2.48. The first kappa shape index (κ1) is 37.2. The molecular formula is C49H55IN2O+2. The summed E-state index contributed by atoms with van der Waals surface area (Å²) in [6, 6.07) is 35.8. The summed E-state index contributed by atoms with van der Waals surface area (Å²) >= 11 is -0.272. The monoisotopic (exact) mass is 814 g/mol. The van der Waals surface area contributed by atoms with Gasteiger partial charge in [0.15, 0.2) is 12.9 Å². The standard InChI is InChI=1S/C49H55IN2O/c1-10-51-42-18-14-12-16-40(42)48(6,7)44(51)32-22-34-20-21-35(23-33-45-49(8,9)41-17-13-15-19-43(41)52(45)11-2)46(34)53-39-30-28-38(29-31-39)50-37-26-24-36(25-27-37)47(3,4)5/h12-19,22-33H,10-11,20-21H2,1-9H3/q+2. The van der Waals surface area contributed by atoms with Gasteiger partial charge in [0.05, 0.1) is 5.41 Å². The highest BCUT2D eigenvalue weighted by molar-refractivity contribution is 6.03. The van der Waals surface area contributed by atoms with Crippen molar-refractivity contribution in [2.45, 2.75) is 91.4 Å². The van der Waals surface area contributed by atoms with Crippen LogP contribution < -0.4 is 30.8 Å². The number of allylic oxidation sites excluding steroid dienone is 7. The average molecular weight is 815 g/mol. The number of halogens is 1. The lowest BCUT2D eigenvalue weighted by Crippen LogP contribution is -3.61. The molecule has 0 atom stereocenters. The van der Waals surface area contributed by atoms with Crippen LogP contribution in [0.4, 0.5) is 11.4 Å². The van der Waals surface area contributed by atoms with E-state index in [1.807, 2.05) is 0 Å². The number of fused-ring (bicyclic) bond motifs is 2. The Morgan fingerprint density at radius 2 is 1.38 bits per heavy atom. The smallest absolute Gasteiger partial charge is 0.357 e. The number of para-hydroxylation sites is 2. The van der Waals surface area contributed by atoms with Crippen LogP contribution >= 0.6 is 0 Å². The van der Waals surface area contributed by atoms with Gasteiger partial charge in [0, 0.05) is 41.1 Å². The lowest BCUT2D eigenvalue weighted by atomic mass is 9.81. The largest absolute Gasteiger partial charge is 0.457 e. The predicted molar refractivity (Wildman–Crippen MR) is 219 cm³/mol. The van der Waals surface area contributed by atoms with E-state index in [0.29, 0.717) is 0 Å². The normalized spacial score (nSPS) is 19.2. The Morgan fingerprint density at radius 3 is 2.04 bits per heavy atom. The molecule has 0 N–H and O–H groups in total. The van der Waals surface area contributed by atoms with Crippen LogP contribution in [-0.4, -0.2) is 23.4 Å². The van der Waals surface area contributed by atoms with Crippen molar-refractivity contribution in [1.82, 2.24) is 0 Å². The van der Waals surface area contributed by atoms with E-state index in [1.165, 1.54) is 57.8 Å². The second-order valence-corrected chi connectivity index (χ2v) is 19.5. The molecule has 3 aliphatic rings. The Bertz CT molecular complexity index is 2170. The maximum atomic E-state index is 6.93. The molecule has 3 nitrogen and oxygen atoms in total. The van der Waals surface area contributed by atoms with Gasteiger partial charge in [-0.05, 0) is 123 Å². The molecule has 4 aromatic rings. The lowest BCUT2D eigenvalue weighted by Gasteiger charge is -2.26. The first-order valence-corrected chi connectivity index (χ1v) is 21.5. The van der Waals surface area contributed by atoms with E-state index in [0.717, 1.165) is 37.4 Å². The summed E-state index contributed by atoms with van der Waals surface area (Å²) in [5, 5.41) is 0. The van der Waals surface area contributed by atoms with Crippen LogP contribution in [0.15, 0.2) is 144 Å². The minimum Gasteiger partial charge on any atom is -0.457 e. The Hall–Kier alpha value is -4.16. The summed E-state index contributed by atoms with van der Waals surface area (Å²) in [6.45, 7) is 22.6. The van der Waals surface area contributed by atoms with Crippen LogP contribution in [-0.2, 0) is 16.2 Å².